The van der Waals surface area contributed by atoms with E-state index in [4.69, 9.17) is 16.3 Å². The van der Waals surface area contributed by atoms with E-state index in [9.17, 15) is 13.6 Å². The number of hydrogen-bond donors (Lipinski definition) is 0. The van der Waals surface area contributed by atoms with Crippen molar-refractivity contribution in [1.82, 2.24) is 0 Å². The summed E-state index contributed by atoms with van der Waals surface area (Å²) in [5.41, 5.74) is 1.73. The molecule has 0 aliphatic heterocycles. The van der Waals surface area contributed by atoms with E-state index in [1.54, 1.807) is 19.9 Å². The lowest BCUT2D eigenvalue weighted by atomic mass is 10.0. The molecule has 0 aromatic heterocycles. The molecule has 0 saturated heterocycles. The zero-order valence-electron chi connectivity index (χ0n) is 10.7. The molecule has 0 aliphatic rings. The number of halogens is 3. The zero-order valence-corrected chi connectivity index (χ0v) is 11.5. The molecule has 0 saturated carbocycles. The van der Waals surface area contributed by atoms with Gasteiger partial charge in [-0.1, -0.05) is 6.07 Å². The van der Waals surface area contributed by atoms with Crippen LogP contribution >= 0.6 is 11.6 Å². The fourth-order valence-electron chi connectivity index (χ4n) is 1.65. The van der Waals surface area contributed by atoms with Gasteiger partial charge in [-0.05, 0) is 36.6 Å². The van der Waals surface area contributed by atoms with Gasteiger partial charge < -0.3 is 9.47 Å². The van der Waals surface area contributed by atoms with Gasteiger partial charge in [-0.3, -0.25) is 4.79 Å². The van der Waals surface area contributed by atoms with Gasteiger partial charge in [-0.15, -0.1) is 11.6 Å². The van der Waals surface area contributed by atoms with E-state index in [1.165, 1.54) is 6.07 Å². The fraction of sp³-hybridized carbons (Fsp3) is 0.462. The predicted octanol–water partition coefficient (Wildman–Crippen LogP) is 3.44. The Balaban J connectivity index is 3.01. The normalized spacial score (nSPS) is 10.6. The molecule has 3 nitrogen and oxygen atoms in total. The van der Waals surface area contributed by atoms with Gasteiger partial charge in [0.25, 0.3) is 0 Å². The van der Waals surface area contributed by atoms with Crippen LogP contribution in [0, 0.1) is 6.92 Å². The quantitative estimate of drug-likeness (QED) is 0.595. The van der Waals surface area contributed by atoms with Crippen molar-refractivity contribution in [3.63, 3.8) is 0 Å². The van der Waals surface area contributed by atoms with Gasteiger partial charge in [-0.25, -0.2) is 0 Å². The highest BCUT2D eigenvalue weighted by molar-refractivity contribution is 6.17. The minimum atomic E-state index is -2.92. The van der Waals surface area contributed by atoms with Crippen molar-refractivity contribution in [3.8, 4) is 5.75 Å². The Hall–Kier alpha value is -1.36. The molecular weight excluding hydrogens is 278 g/mol. The highest BCUT2D eigenvalue weighted by Crippen LogP contribution is 2.27. The van der Waals surface area contributed by atoms with Gasteiger partial charge in [0.05, 0.1) is 13.0 Å². The second-order valence-corrected chi connectivity index (χ2v) is 4.14. The SMILES string of the molecule is CCOC(=O)Cc1cc(CCl)c(C)c(OC(F)F)c1. The molecule has 0 N–H and O–H groups in total. The summed E-state index contributed by atoms with van der Waals surface area (Å²) in [5.74, 6) is -0.232. The van der Waals surface area contributed by atoms with E-state index in [0.717, 1.165) is 0 Å². The second-order valence-electron chi connectivity index (χ2n) is 3.87. The van der Waals surface area contributed by atoms with Crippen LogP contribution in [-0.2, 0) is 21.8 Å². The van der Waals surface area contributed by atoms with Crippen LogP contribution in [-0.4, -0.2) is 19.2 Å². The van der Waals surface area contributed by atoms with E-state index >= 15 is 0 Å². The van der Waals surface area contributed by atoms with Gasteiger partial charge in [0.2, 0.25) is 0 Å². The molecule has 1 rings (SSSR count). The number of ether oxygens (including phenoxy) is 2. The first-order valence-corrected chi connectivity index (χ1v) is 6.30. The maximum atomic E-state index is 12.3. The largest absolute Gasteiger partial charge is 0.466 e. The Kier molecular flexibility index (Phi) is 6.02. The Morgan fingerprint density at radius 1 is 1.42 bits per heavy atom. The Bertz CT molecular complexity index is 450. The van der Waals surface area contributed by atoms with Crippen molar-refractivity contribution in [1.29, 1.82) is 0 Å². The van der Waals surface area contributed by atoms with Crippen molar-refractivity contribution in [3.05, 3.63) is 28.8 Å². The standard InChI is InChI=1S/C13H15ClF2O3/c1-3-18-12(17)6-9-4-10(7-14)8(2)11(5-9)19-13(15)16/h4-5,13H,3,6-7H2,1-2H3. The predicted molar refractivity (Wildman–Crippen MR) is 67.7 cm³/mol. The number of esters is 1. The van der Waals surface area contributed by atoms with E-state index < -0.39 is 12.6 Å². The van der Waals surface area contributed by atoms with E-state index in [1.807, 2.05) is 0 Å². The number of carbonyl (C=O) groups excluding carboxylic acids is 1. The van der Waals surface area contributed by atoms with Gasteiger partial charge in [0.15, 0.2) is 0 Å². The van der Waals surface area contributed by atoms with Gasteiger partial charge in [0, 0.05) is 5.88 Å². The first-order valence-electron chi connectivity index (χ1n) is 5.76. The number of benzene rings is 1. The lowest BCUT2D eigenvalue weighted by molar-refractivity contribution is -0.142. The molecule has 0 heterocycles. The molecule has 0 fully saturated rings. The number of hydrogen-bond acceptors (Lipinski definition) is 3. The summed E-state index contributed by atoms with van der Waals surface area (Å²) in [6.07, 6.45) is -0.00237. The van der Waals surface area contributed by atoms with Crippen LogP contribution in [0.25, 0.3) is 0 Å². The maximum Gasteiger partial charge on any atom is 0.387 e. The number of rotatable bonds is 6. The topological polar surface area (TPSA) is 35.5 Å². The summed E-state index contributed by atoms with van der Waals surface area (Å²) in [6.45, 7) is 0.694. The third kappa shape index (κ3) is 4.67. The lowest BCUT2D eigenvalue weighted by Crippen LogP contribution is -2.10. The minimum absolute atomic E-state index is 0.00237. The number of carbonyl (C=O) groups is 1. The summed E-state index contributed by atoms with van der Waals surface area (Å²) in [7, 11) is 0. The maximum absolute atomic E-state index is 12.3. The van der Waals surface area contributed by atoms with Crippen LogP contribution in [0.4, 0.5) is 8.78 Å². The van der Waals surface area contributed by atoms with Crippen molar-refractivity contribution < 1.29 is 23.0 Å². The molecule has 0 radical (unpaired) electrons. The third-order valence-electron chi connectivity index (χ3n) is 2.54. The Morgan fingerprint density at radius 3 is 2.63 bits per heavy atom. The first kappa shape index (κ1) is 15.7. The van der Waals surface area contributed by atoms with Crippen molar-refractivity contribution in [2.75, 3.05) is 6.61 Å². The average molecular weight is 293 g/mol. The van der Waals surface area contributed by atoms with Gasteiger partial charge in [0.1, 0.15) is 5.75 Å². The van der Waals surface area contributed by atoms with Crippen LogP contribution in [0.15, 0.2) is 12.1 Å². The fourth-order valence-corrected chi connectivity index (χ4v) is 1.92. The molecular formula is C13H15ClF2O3. The molecule has 0 unspecified atom stereocenters. The summed E-state index contributed by atoms with van der Waals surface area (Å²) in [6, 6.07) is 3.10. The summed E-state index contributed by atoms with van der Waals surface area (Å²) in [5, 5.41) is 0. The Labute approximate surface area is 115 Å². The van der Waals surface area contributed by atoms with Crippen molar-refractivity contribution in [2.45, 2.75) is 32.8 Å². The van der Waals surface area contributed by atoms with E-state index in [0.29, 0.717) is 16.7 Å². The molecule has 0 amide bonds. The summed E-state index contributed by atoms with van der Waals surface area (Å²) in [4.78, 5) is 11.4. The molecule has 19 heavy (non-hydrogen) atoms. The van der Waals surface area contributed by atoms with Crippen LogP contribution < -0.4 is 4.74 Å². The van der Waals surface area contributed by atoms with E-state index in [-0.39, 0.29) is 24.7 Å². The van der Waals surface area contributed by atoms with Crippen molar-refractivity contribution >= 4 is 17.6 Å². The Morgan fingerprint density at radius 2 is 2.11 bits per heavy atom. The summed E-state index contributed by atoms with van der Waals surface area (Å²) >= 11 is 5.75. The zero-order chi connectivity index (χ0) is 14.4. The van der Waals surface area contributed by atoms with Crippen LogP contribution in [0.5, 0.6) is 5.75 Å². The molecule has 6 heteroatoms. The number of alkyl halides is 3. The third-order valence-corrected chi connectivity index (χ3v) is 2.83. The molecule has 1 aromatic rings. The average Bonchev–Trinajstić information content (AvgIpc) is 2.32. The molecule has 1 aromatic carbocycles. The van der Waals surface area contributed by atoms with Gasteiger partial charge in [-0.2, -0.15) is 8.78 Å². The minimum Gasteiger partial charge on any atom is -0.466 e. The molecule has 0 aliphatic carbocycles. The van der Waals surface area contributed by atoms with Crippen LogP contribution in [0.2, 0.25) is 0 Å². The monoisotopic (exact) mass is 292 g/mol. The van der Waals surface area contributed by atoms with Crippen molar-refractivity contribution in [2.24, 2.45) is 0 Å². The summed E-state index contributed by atoms with van der Waals surface area (Å²) < 4.78 is 33.8. The van der Waals surface area contributed by atoms with E-state index in [2.05, 4.69) is 4.74 Å². The molecule has 0 atom stereocenters. The first-order chi connectivity index (χ1) is 8.97. The smallest absolute Gasteiger partial charge is 0.387 e. The molecule has 106 valence electrons. The lowest BCUT2D eigenvalue weighted by Gasteiger charge is -2.13. The van der Waals surface area contributed by atoms with Crippen LogP contribution in [0.1, 0.15) is 23.6 Å². The molecule has 0 spiro atoms. The second kappa shape index (κ2) is 7.28. The highest BCUT2D eigenvalue weighted by Gasteiger charge is 2.14. The van der Waals surface area contributed by atoms with Crippen LogP contribution in [0.3, 0.4) is 0 Å². The molecule has 0 bridgehead atoms. The highest BCUT2D eigenvalue weighted by atomic mass is 35.5. The van der Waals surface area contributed by atoms with Gasteiger partial charge >= 0.3 is 12.6 Å².